The lowest BCUT2D eigenvalue weighted by molar-refractivity contribution is 0.435. The van der Waals surface area contributed by atoms with Gasteiger partial charge >= 0.3 is 0 Å². The summed E-state index contributed by atoms with van der Waals surface area (Å²) in [7, 11) is 0. The molecule has 0 aromatic heterocycles. The van der Waals surface area contributed by atoms with E-state index in [1.165, 1.54) is 12.0 Å². The first-order valence-corrected chi connectivity index (χ1v) is 5.58. The van der Waals surface area contributed by atoms with Crippen LogP contribution in [0.3, 0.4) is 0 Å². The highest BCUT2D eigenvalue weighted by Crippen LogP contribution is 2.33. The number of nitrogens with one attached hydrogen (secondary N) is 1. The van der Waals surface area contributed by atoms with E-state index in [1.807, 2.05) is 18.2 Å². The third-order valence-electron chi connectivity index (χ3n) is 2.93. The highest BCUT2D eigenvalue weighted by molar-refractivity contribution is 6.42. The van der Waals surface area contributed by atoms with E-state index in [0.29, 0.717) is 10.0 Å². The van der Waals surface area contributed by atoms with Crippen LogP contribution < -0.4 is 5.32 Å². The quantitative estimate of drug-likeness (QED) is 0.777. The third-order valence-corrected chi connectivity index (χ3v) is 3.66. The van der Waals surface area contributed by atoms with E-state index < -0.39 is 0 Å². The SMILES string of the molecule is CC1(c2ccc(Cl)c(Cl)c2)CCCN1. The number of hydrogen-bond donors (Lipinski definition) is 1. The average molecular weight is 230 g/mol. The minimum Gasteiger partial charge on any atom is -0.308 e. The second kappa shape index (κ2) is 3.73. The van der Waals surface area contributed by atoms with Crippen LogP contribution >= 0.6 is 23.2 Å². The van der Waals surface area contributed by atoms with Crippen LogP contribution in [0, 0.1) is 0 Å². The van der Waals surface area contributed by atoms with E-state index in [1.54, 1.807) is 0 Å². The first-order chi connectivity index (χ1) is 6.62. The van der Waals surface area contributed by atoms with Crippen molar-refractivity contribution >= 4 is 23.2 Å². The average Bonchev–Trinajstić information content (AvgIpc) is 2.58. The highest BCUT2D eigenvalue weighted by Gasteiger charge is 2.30. The van der Waals surface area contributed by atoms with Gasteiger partial charge < -0.3 is 5.32 Å². The highest BCUT2D eigenvalue weighted by atomic mass is 35.5. The summed E-state index contributed by atoms with van der Waals surface area (Å²) in [5.41, 5.74) is 1.30. The zero-order chi connectivity index (χ0) is 10.2. The molecule has 1 unspecified atom stereocenters. The molecule has 2 rings (SSSR count). The topological polar surface area (TPSA) is 12.0 Å². The summed E-state index contributed by atoms with van der Waals surface area (Å²) in [5.74, 6) is 0. The van der Waals surface area contributed by atoms with Crippen LogP contribution in [0.15, 0.2) is 18.2 Å². The molecule has 1 fully saturated rings. The molecule has 0 spiro atoms. The van der Waals surface area contributed by atoms with E-state index in [4.69, 9.17) is 23.2 Å². The van der Waals surface area contributed by atoms with Gasteiger partial charge in [0.1, 0.15) is 0 Å². The van der Waals surface area contributed by atoms with E-state index in [2.05, 4.69) is 12.2 Å². The van der Waals surface area contributed by atoms with Crippen molar-refractivity contribution < 1.29 is 0 Å². The van der Waals surface area contributed by atoms with Gasteiger partial charge in [-0.2, -0.15) is 0 Å². The van der Waals surface area contributed by atoms with E-state index in [9.17, 15) is 0 Å². The monoisotopic (exact) mass is 229 g/mol. The molecular formula is C11H13Cl2N. The lowest BCUT2D eigenvalue weighted by Crippen LogP contribution is -2.32. The molecule has 14 heavy (non-hydrogen) atoms. The summed E-state index contributed by atoms with van der Waals surface area (Å²) in [4.78, 5) is 0. The molecule has 1 N–H and O–H groups in total. The molecule has 0 amide bonds. The normalized spacial score (nSPS) is 26.8. The fourth-order valence-electron chi connectivity index (χ4n) is 1.98. The Morgan fingerprint density at radius 2 is 2.07 bits per heavy atom. The Hall–Kier alpha value is -0.240. The Morgan fingerprint density at radius 1 is 1.29 bits per heavy atom. The van der Waals surface area contributed by atoms with Crippen molar-refractivity contribution in [1.29, 1.82) is 0 Å². The van der Waals surface area contributed by atoms with Gasteiger partial charge in [0.2, 0.25) is 0 Å². The lowest BCUT2D eigenvalue weighted by atomic mass is 9.91. The van der Waals surface area contributed by atoms with Crippen molar-refractivity contribution in [3.8, 4) is 0 Å². The molecule has 1 saturated heterocycles. The van der Waals surface area contributed by atoms with Crippen LogP contribution in [0.4, 0.5) is 0 Å². The Kier molecular flexibility index (Phi) is 2.74. The van der Waals surface area contributed by atoms with Crippen LogP contribution in [0.5, 0.6) is 0 Å². The molecular weight excluding hydrogens is 217 g/mol. The fraction of sp³-hybridized carbons (Fsp3) is 0.455. The zero-order valence-electron chi connectivity index (χ0n) is 8.11. The molecule has 1 atom stereocenters. The Labute approximate surface area is 94.4 Å². The fourth-order valence-corrected chi connectivity index (χ4v) is 2.28. The molecule has 1 aromatic rings. The summed E-state index contributed by atoms with van der Waals surface area (Å²) in [6.07, 6.45) is 2.38. The Morgan fingerprint density at radius 3 is 2.64 bits per heavy atom. The predicted octanol–water partition coefficient (Wildman–Crippen LogP) is 3.59. The maximum Gasteiger partial charge on any atom is 0.0595 e. The number of rotatable bonds is 1. The van der Waals surface area contributed by atoms with Crippen LogP contribution in [0.1, 0.15) is 25.3 Å². The molecule has 0 aliphatic carbocycles. The minimum atomic E-state index is 0.0776. The van der Waals surface area contributed by atoms with Gasteiger partial charge in [0.05, 0.1) is 10.0 Å². The molecule has 1 heterocycles. The third kappa shape index (κ3) is 1.77. The van der Waals surface area contributed by atoms with E-state index in [-0.39, 0.29) is 5.54 Å². The van der Waals surface area contributed by atoms with Gasteiger partial charge in [0.15, 0.2) is 0 Å². The first kappa shape index (κ1) is 10.3. The van der Waals surface area contributed by atoms with Gasteiger partial charge in [-0.05, 0) is 44.0 Å². The number of hydrogen-bond acceptors (Lipinski definition) is 1. The minimum absolute atomic E-state index is 0.0776. The van der Waals surface area contributed by atoms with Gasteiger partial charge in [0.25, 0.3) is 0 Å². The number of halogens is 2. The van der Waals surface area contributed by atoms with Gasteiger partial charge in [-0.15, -0.1) is 0 Å². The molecule has 1 nitrogen and oxygen atoms in total. The second-order valence-corrected chi connectivity index (χ2v) is 4.81. The molecule has 1 aliphatic heterocycles. The Bertz CT molecular complexity index is 343. The molecule has 3 heteroatoms. The summed E-state index contributed by atoms with van der Waals surface area (Å²) in [5, 5.41) is 4.75. The van der Waals surface area contributed by atoms with Crippen molar-refractivity contribution in [2.24, 2.45) is 0 Å². The largest absolute Gasteiger partial charge is 0.308 e. The van der Waals surface area contributed by atoms with Crippen LogP contribution in [-0.4, -0.2) is 6.54 Å². The van der Waals surface area contributed by atoms with Gasteiger partial charge in [-0.1, -0.05) is 29.3 Å². The summed E-state index contributed by atoms with van der Waals surface area (Å²) < 4.78 is 0. The molecule has 0 saturated carbocycles. The Balaban J connectivity index is 2.36. The molecule has 1 aromatic carbocycles. The zero-order valence-corrected chi connectivity index (χ0v) is 9.62. The summed E-state index contributed by atoms with van der Waals surface area (Å²) >= 11 is 11.9. The van der Waals surface area contributed by atoms with Gasteiger partial charge in [-0.25, -0.2) is 0 Å². The predicted molar refractivity (Wildman–Crippen MR) is 61.1 cm³/mol. The van der Waals surface area contributed by atoms with Crippen LogP contribution in [0.2, 0.25) is 10.0 Å². The smallest absolute Gasteiger partial charge is 0.0595 e. The van der Waals surface area contributed by atoms with E-state index in [0.717, 1.165) is 13.0 Å². The lowest BCUT2D eigenvalue weighted by Gasteiger charge is -2.25. The first-order valence-electron chi connectivity index (χ1n) is 4.82. The van der Waals surface area contributed by atoms with Crippen molar-refractivity contribution in [3.05, 3.63) is 33.8 Å². The van der Waals surface area contributed by atoms with E-state index >= 15 is 0 Å². The molecule has 0 radical (unpaired) electrons. The van der Waals surface area contributed by atoms with Crippen LogP contribution in [0.25, 0.3) is 0 Å². The maximum absolute atomic E-state index is 5.99. The van der Waals surface area contributed by atoms with Crippen molar-refractivity contribution in [2.75, 3.05) is 6.54 Å². The van der Waals surface area contributed by atoms with Crippen LogP contribution in [-0.2, 0) is 5.54 Å². The second-order valence-electron chi connectivity index (χ2n) is 3.99. The van der Waals surface area contributed by atoms with Gasteiger partial charge in [0, 0.05) is 5.54 Å². The van der Waals surface area contributed by atoms with Gasteiger partial charge in [-0.3, -0.25) is 0 Å². The maximum atomic E-state index is 5.99. The number of benzene rings is 1. The van der Waals surface area contributed by atoms with Crippen molar-refractivity contribution in [1.82, 2.24) is 5.32 Å². The van der Waals surface area contributed by atoms with Crippen molar-refractivity contribution in [3.63, 3.8) is 0 Å². The standard InChI is InChI=1S/C11H13Cl2N/c1-11(5-2-6-14-11)8-3-4-9(12)10(13)7-8/h3-4,7,14H,2,5-6H2,1H3. The molecule has 0 bridgehead atoms. The van der Waals surface area contributed by atoms with Crippen molar-refractivity contribution in [2.45, 2.75) is 25.3 Å². The summed E-state index contributed by atoms with van der Waals surface area (Å²) in [6, 6.07) is 5.87. The molecule has 76 valence electrons. The summed E-state index contributed by atoms with van der Waals surface area (Å²) in [6.45, 7) is 3.29. The molecule has 1 aliphatic rings.